The number of ether oxygens (including phenoxy) is 1. The molecule has 0 radical (unpaired) electrons. The summed E-state index contributed by atoms with van der Waals surface area (Å²) in [5.41, 5.74) is 0.337. The zero-order valence-corrected chi connectivity index (χ0v) is 21.1. The van der Waals surface area contributed by atoms with E-state index in [4.69, 9.17) is 4.74 Å². The van der Waals surface area contributed by atoms with E-state index in [-0.39, 0.29) is 22.1 Å². The van der Waals surface area contributed by atoms with E-state index in [9.17, 15) is 22.5 Å². The van der Waals surface area contributed by atoms with Crippen LogP contribution in [0.3, 0.4) is 0 Å². The molecule has 0 amide bonds. The Morgan fingerprint density at radius 3 is 2.78 bits per heavy atom. The molecule has 2 atom stereocenters. The van der Waals surface area contributed by atoms with E-state index in [0.717, 1.165) is 0 Å². The van der Waals surface area contributed by atoms with Crippen molar-refractivity contribution in [1.29, 1.82) is 5.26 Å². The lowest BCUT2D eigenvalue weighted by Gasteiger charge is -2.39. The van der Waals surface area contributed by atoms with Gasteiger partial charge in [0.15, 0.2) is 5.01 Å². The average Bonchev–Trinajstić information content (AvgIpc) is 3.22. The van der Waals surface area contributed by atoms with E-state index in [1.54, 1.807) is 13.2 Å². The van der Waals surface area contributed by atoms with Gasteiger partial charge in [-0.3, -0.25) is 4.57 Å². The molecule has 11 nitrogen and oxygen atoms in total. The van der Waals surface area contributed by atoms with Crippen molar-refractivity contribution in [3.05, 3.63) is 23.5 Å². The van der Waals surface area contributed by atoms with E-state index in [1.165, 1.54) is 17.0 Å². The summed E-state index contributed by atoms with van der Waals surface area (Å²) in [7, 11) is -2.46. The topological polar surface area (TPSA) is 138 Å². The molecule has 3 aromatic rings. The molecule has 5 rings (SSSR count). The third kappa shape index (κ3) is 4.66. The molecular weight excluding hydrogens is 514 g/mol. The van der Waals surface area contributed by atoms with Gasteiger partial charge in [-0.1, -0.05) is 11.3 Å². The third-order valence-corrected chi connectivity index (χ3v) is 8.64. The van der Waals surface area contributed by atoms with Crippen molar-refractivity contribution in [3.8, 4) is 11.2 Å². The molecule has 0 spiro atoms. The predicted molar refractivity (Wildman–Crippen MR) is 128 cm³/mol. The first-order chi connectivity index (χ1) is 17.1. The molecule has 2 N–H and O–H groups in total. The monoisotopic (exact) mass is 538 g/mol. The van der Waals surface area contributed by atoms with Gasteiger partial charge >= 0.3 is 0 Å². The largest absolute Gasteiger partial charge is 0.383 e. The number of sulfonamides is 1. The Bertz CT molecular complexity index is 1430. The lowest BCUT2D eigenvalue weighted by atomic mass is 10.1. The second kappa shape index (κ2) is 9.27. The van der Waals surface area contributed by atoms with Gasteiger partial charge in [0, 0.05) is 32.3 Å². The second-order valence-electron chi connectivity index (χ2n) is 9.07. The summed E-state index contributed by atoms with van der Waals surface area (Å²) >= 11 is 0.702. The van der Waals surface area contributed by atoms with Crippen LogP contribution in [0.4, 0.5) is 14.5 Å². The second-order valence-corrected chi connectivity index (χ2v) is 11.7. The fourth-order valence-electron chi connectivity index (χ4n) is 4.39. The Hall–Kier alpha value is -2.77. The molecule has 2 fully saturated rings. The molecule has 2 aromatic heterocycles. The highest BCUT2D eigenvalue weighted by molar-refractivity contribution is 7.89. The number of nitrogens with zero attached hydrogens (tertiary/aromatic N) is 6. The summed E-state index contributed by atoms with van der Waals surface area (Å²) < 4.78 is 62.3. The number of nitrogens with one attached hydrogen (secondary N) is 2. The van der Waals surface area contributed by atoms with E-state index < -0.39 is 27.0 Å². The number of anilines is 1. The summed E-state index contributed by atoms with van der Waals surface area (Å²) in [4.78, 5) is 6.48. The van der Waals surface area contributed by atoms with E-state index in [2.05, 4.69) is 25.2 Å². The van der Waals surface area contributed by atoms with Crippen LogP contribution in [0.15, 0.2) is 23.4 Å². The van der Waals surface area contributed by atoms with Crippen LogP contribution in [0.2, 0.25) is 0 Å². The van der Waals surface area contributed by atoms with Crippen LogP contribution in [0.5, 0.6) is 0 Å². The molecule has 192 valence electrons. The van der Waals surface area contributed by atoms with E-state index in [1.807, 2.05) is 17.9 Å². The van der Waals surface area contributed by atoms with Gasteiger partial charge in [-0.2, -0.15) is 9.98 Å². The summed E-state index contributed by atoms with van der Waals surface area (Å²) in [5, 5.41) is 20.0. The van der Waals surface area contributed by atoms with Crippen molar-refractivity contribution in [2.45, 2.75) is 48.7 Å². The Balaban J connectivity index is 1.64. The Morgan fingerprint density at radius 2 is 2.14 bits per heavy atom. The summed E-state index contributed by atoms with van der Waals surface area (Å²) in [6, 6.07) is 5.08. The van der Waals surface area contributed by atoms with Crippen LogP contribution in [-0.4, -0.2) is 72.6 Å². The standard InChI is InChI=1S/C21H24F2N8O3S2/c1-12-7-30(8-13(26-12)9-34-2)15-5-14(36(32,33)29-21(10-24)3-4-21)6-16-17(15)25-11-31(16)20-28-27-19(35-20)18(22)23/h5-6,11-13,18,26,29H,3-4,7-9H2,1-2H3/t12-,13+/m0/s1. The van der Waals surface area contributed by atoms with Crippen LogP contribution >= 0.6 is 11.3 Å². The van der Waals surface area contributed by atoms with Crippen LogP contribution in [0, 0.1) is 11.3 Å². The van der Waals surface area contributed by atoms with Crippen molar-refractivity contribution in [1.82, 2.24) is 29.8 Å². The fraction of sp³-hybridized carbons (Fsp3) is 0.524. The first-order valence-corrected chi connectivity index (χ1v) is 13.5. The highest BCUT2D eigenvalue weighted by Gasteiger charge is 2.47. The number of methoxy groups -OCH3 is 1. The summed E-state index contributed by atoms with van der Waals surface area (Å²) in [6.07, 6.45) is -0.484. The maximum atomic E-state index is 13.4. The number of benzene rings is 1. The lowest BCUT2D eigenvalue weighted by molar-refractivity contribution is 0.150. The smallest absolute Gasteiger partial charge is 0.291 e. The predicted octanol–water partition coefficient (Wildman–Crippen LogP) is 1.96. The van der Waals surface area contributed by atoms with Crippen molar-refractivity contribution in [3.63, 3.8) is 0 Å². The molecule has 1 aliphatic heterocycles. The maximum Gasteiger partial charge on any atom is 0.291 e. The molecule has 1 aromatic carbocycles. The van der Waals surface area contributed by atoms with Crippen molar-refractivity contribution < 1.29 is 21.9 Å². The minimum Gasteiger partial charge on any atom is -0.383 e. The molecule has 1 aliphatic carbocycles. The minimum absolute atomic E-state index is 0.000594. The molecule has 1 saturated heterocycles. The number of rotatable bonds is 8. The van der Waals surface area contributed by atoms with Gasteiger partial charge < -0.3 is 15.0 Å². The quantitative estimate of drug-likeness (QED) is 0.441. The van der Waals surface area contributed by atoms with Gasteiger partial charge in [0.05, 0.1) is 28.8 Å². The van der Waals surface area contributed by atoms with Gasteiger partial charge in [0.2, 0.25) is 15.2 Å². The molecule has 0 bridgehead atoms. The minimum atomic E-state index is -4.08. The first kappa shape index (κ1) is 24.9. The maximum absolute atomic E-state index is 13.4. The van der Waals surface area contributed by atoms with E-state index in [0.29, 0.717) is 60.6 Å². The number of alkyl halides is 2. The van der Waals surface area contributed by atoms with Crippen LogP contribution in [0.25, 0.3) is 16.2 Å². The van der Waals surface area contributed by atoms with Gasteiger partial charge in [-0.15, -0.1) is 10.2 Å². The van der Waals surface area contributed by atoms with Crippen molar-refractivity contribution >= 4 is 38.1 Å². The lowest BCUT2D eigenvalue weighted by Crippen LogP contribution is -2.57. The number of hydrogen-bond donors (Lipinski definition) is 2. The molecule has 2 aliphatic rings. The molecule has 3 heterocycles. The zero-order valence-electron chi connectivity index (χ0n) is 19.5. The highest BCUT2D eigenvalue weighted by Crippen LogP contribution is 2.38. The fourth-order valence-corrected chi connectivity index (χ4v) is 6.49. The van der Waals surface area contributed by atoms with Gasteiger partial charge in [0.1, 0.15) is 17.4 Å². The van der Waals surface area contributed by atoms with Gasteiger partial charge in [-0.05, 0) is 31.9 Å². The number of imidazole rings is 1. The average molecular weight is 539 g/mol. The molecule has 15 heteroatoms. The molecule has 0 unspecified atom stereocenters. The van der Waals surface area contributed by atoms with Crippen molar-refractivity contribution in [2.75, 3.05) is 31.7 Å². The Kier molecular flexibility index (Phi) is 6.41. The van der Waals surface area contributed by atoms with Crippen LogP contribution in [-0.2, 0) is 14.8 Å². The van der Waals surface area contributed by atoms with Gasteiger partial charge in [0.25, 0.3) is 6.43 Å². The van der Waals surface area contributed by atoms with Crippen LogP contribution < -0.4 is 14.9 Å². The SMILES string of the molecule is COC[C@H]1CN(c2cc(S(=O)(=O)NC3(C#N)CC3)cc3c2ncn3-c2nnc(C(F)F)s2)C[C@H](C)N1. The number of hydrogen-bond acceptors (Lipinski definition) is 10. The molecule has 1 saturated carbocycles. The number of fused-ring (bicyclic) bond motifs is 1. The number of piperazine rings is 1. The first-order valence-electron chi connectivity index (χ1n) is 11.2. The normalized spacial score (nSPS) is 21.7. The van der Waals surface area contributed by atoms with Gasteiger partial charge in [-0.25, -0.2) is 22.2 Å². The summed E-state index contributed by atoms with van der Waals surface area (Å²) in [5.74, 6) is 0. The number of aromatic nitrogens is 4. The number of nitriles is 1. The van der Waals surface area contributed by atoms with Crippen LogP contribution in [0.1, 0.15) is 31.2 Å². The molecular formula is C21H24F2N8O3S2. The summed E-state index contributed by atoms with van der Waals surface area (Å²) in [6.45, 7) is 3.59. The number of halogens is 2. The Labute approximate surface area is 210 Å². The van der Waals surface area contributed by atoms with E-state index >= 15 is 0 Å². The highest BCUT2D eigenvalue weighted by atomic mass is 32.2. The van der Waals surface area contributed by atoms with Crippen molar-refractivity contribution in [2.24, 2.45) is 0 Å². The Morgan fingerprint density at radius 1 is 1.36 bits per heavy atom. The zero-order chi connectivity index (χ0) is 25.7. The molecule has 36 heavy (non-hydrogen) atoms. The third-order valence-electron chi connectivity index (χ3n) is 6.20.